The zero-order chi connectivity index (χ0) is 20.8. The lowest BCUT2D eigenvalue weighted by molar-refractivity contribution is -0.124. The average Bonchev–Trinajstić information content (AvgIpc) is 2.62. The van der Waals surface area contributed by atoms with Crippen LogP contribution in [0, 0.1) is 0 Å². The van der Waals surface area contributed by atoms with Crippen LogP contribution in [0.5, 0.6) is 0 Å². The third-order valence-corrected chi connectivity index (χ3v) is 3.58. The maximum absolute atomic E-state index is 12.4. The standard InChI is InChI=1S/C19H16N2O7/c1-10(22)8-16(23)20-12-3-5-13(6-4-12)21-17(24)14-7-2-11(18(25)26)9-15(14)19(27)28/h2-7,9H,8H2,1H3,(H,20,23)(H,21,24)(H,25,26)(H,27,28). The van der Waals surface area contributed by atoms with Crippen LogP contribution in [0.15, 0.2) is 42.5 Å². The summed E-state index contributed by atoms with van der Waals surface area (Å²) in [6.45, 7) is 1.30. The van der Waals surface area contributed by atoms with Crippen LogP contribution in [0.3, 0.4) is 0 Å². The number of anilines is 2. The van der Waals surface area contributed by atoms with Crippen LogP contribution in [-0.2, 0) is 9.59 Å². The average molecular weight is 384 g/mol. The van der Waals surface area contributed by atoms with Gasteiger partial charge in [0.2, 0.25) is 5.91 Å². The number of carboxylic acids is 2. The summed E-state index contributed by atoms with van der Waals surface area (Å²) >= 11 is 0. The molecule has 0 heterocycles. The van der Waals surface area contributed by atoms with Crippen LogP contribution < -0.4 is 10.6 Å². The fourth-order valence-corrected chi connectivity index (χ4v) is 2.32. The zero-order valence-corrected chi connectivity index (χ0v) is 14.7. The van der Waals surface area contributed by atoms with E-state index in [1.165, 1.54) is 31.2 Å². The lowest BCUT2D eigenvalue weighted by atomic mass is 10.0. The summed E-state index contributed by atoms with van der Waals surface area (Å²) in [5, 5.41) is 23.2. The van der Waals surface area contributed by atoms with Crippen molar-refractivity contribution in [2.45, 2.75) is 13.3 Å². The van der Waals surface area contributed by atoms with Gasteiger partial charge < -0.3 is 20.8 Å². The molecule has 0 aliphatic rings. The second-order valence-corrected chi connectivity index (χ2v) is 5.83. The van der Waals surface area contributed by atoms with Gasteiger partial charge in [-0.05, 0) is 49.4 Å². The summed E-state index contributed by atoms with van der Waals surface area (Å²) in [6.07, 6.45) is -0.247. The molecule has 0 spiro atoms. The molecule has 0 unspecified atom stereocenters. The van der Waals surface area contributed by atoms with Gasteiger partial charge in [-0.3, -0.25) is 14.4 Å². The Morgan fingerprint density at radius 2 is 1.36 bits per heavy atom. The van der Waals surface area contributed by atoms with Crippen LogP contribution in [0.1, 0.15) is 44.4 Å². The molecule has 0 fully saturated rings. The summed E-state index contributed by atoms with van der Waals surface area (Å²) in [7, 11) is 0. The van der Waals surface area contributed by atoms with Gasteiger partial charge in [-0.2, -0.15) is 0 Å². The molecule has 2 amide bonds. The fourth-order valence-electron chi connectivity index (χ4n) is 2.32. The molecule has 0 aliphatic carbocycles. The van der Waals surface area contributed by atoms with Crippen LogP contribution in [0.25, 0.3) is 0 Å². The first-order chi connectivity index (χ1) is 13.2. The van der Waals surface area contributed by atoms with Crippen molar-refractivity contribution >= 4 is 40.9 Å². The molecule has 2 rings (SSSR count). The number of carboxylic acid groups (broad SMARTS) is 2. The van der Waals surface area contributed by atoms with E-state index < -0.39 is 29.3 Å². The molecule has 2 aromatic carbocycles. The van der Waals surface area contributed by atoms with Crippen molar-refractivity contribution in [3.05, 3.63) is 59.2 Å². The van der Waals surface area contributed by atoms with E-state index in [1.54, 1.807) is 0 Å². The highest BCUT2D eigenvalue weighted by Crippen LogP contribution is 2.18. The molecule has 0 saturated heterocycles. The number of Topliss-reactive ketones (excluding diaryl/α,β-unsaturated/α-hetero) is 1. The topological polar surface area (TPSA) is 150 Å². The van der Waals surface area contributed by atoms with Crippen molar-refractivity contribution in [1.29, 1.82) is 0 Å². The molecule has 28 heavy (non-hydrogen) atoms. The van der Waals surface area contributed by atoms with Gasteiger partial charge in [-0.25, -0.2) is 9.59 Å². The number of rotatable bonds is 7. The smallest absolute Gasteiger partial charge is 0.336 e. The number of aromatic carboxylic acids is 2. The van der Waals surface area contributed by atoms with E-state index in [9.17, 15) is 29.1 Å². The minimum atomic E-state index is -1.43. The second kappa shape index (κ2) is 8.58. The van der Waals surface area contributed by atoms with Crippen molar-refractivity contribution in [3.63, 3.8) is 0 Å². The predicted octanol–water partition coefficient (Wildman–Crippen LogP) is 2.25. The van der Waals surface area contributed by atoms with Gasteiger partial charge in [0, 0.05) is 11.4 Å². The molecule has 0 aromatic heterocycles. The van der Waals surface area contributed by atoms with Gasteiger partial charge in [-0.1, -0.05) is 0 Å². The third-order valence-electron chi connectivity index (χ3n) is 3.58. The Bertz CT molecular complexity index is 965. The Labute approximate surface area is 159 Å². The van der Waals surface area contributed by atoms with Crippen molar-refractivity contribution in [2.24, 2.45) is 0 Å². The molecule has 2 aromatic rings. The Hall–Kier alpha value is -4.01. The van der Waals surface area contributed by atoms with E-state index in [-0.39, 0.29) is 23.3 Å². The first-order valence-electron chi connectivity index (χ1n) is 7.98. The molecule has 0 bridgehead atoms. The summed E-state index contributed by atoms with van der Waals surface area (Å²) in [5.74, 6) is -4.21. The number of ketones is 1. The Kier molecular flexibility index (Phi) is 6.22. The van der Waals surface area contributed by atoms with Crippen molar-refractivity contribution in [3.8, 4) is 0 Å². The number of nitrogens with one attached hydrogen (secondary N) is 2. The normalized spacial score (nSPS) is 10.0. The van der Waals surface area contributed by atoms with Crippen LogP contribution >= 0.6 is 0 Å². The minimum absolute atomic E-state index is 0.198. The van der Waals surface area contributed by atoms with Crippen LogP contribution in [0.2, 0.25) is 0 Å². The van der Waals surface area contributed by atoms with Crippen molar-refractivity contribution < 1.29 is 34.2 Å². The lowest BCUT2D eigenvalue weighted by Crippen LogP contribution is -2.17. The number of hydrogen-bond acceptors (Lipinski definition) is 5. The molecule has 0 saturated carbocycles. The number of benzene rings is 2. The van der Waals surface area contributed by atoms with Crippen molar-refractivity contribution in [2.75, 3.05) is 10.6 Å². The highest BCUT2D eigenvalue weighted by molar-refractivity contribution is 6.11. The quantitative estimate of drug-likeness (QED) is 0.535. The molecule has 144 valence electrons. The molecule has 4 N–H and O–H groups in total. The van der Waals surface area contributed by atoms with E-state index in [2.05, 4.69) is 10.6 Å². The van der Waals surface area contributed by atoms with Gasteiger partial charge in [0.1, 0.15) is 5.78 Å². The van der Waals surface area contributed by atoms with E-state index in [4.69, 9.17) is 5.11 Å². The predicted molar refractivity (Wildman–Crippen MR) is 98.7 cm³/mol. The number of carbonyl (C=O) groups excluding carboxylic acids is 3. The molecule has 9 nitrogen and oxygen atoms in total. The van der Waals surface area contributed by atoms with Crippen LogP contribution in [-0.4, -0.2) is 39.7 Å². The summed E-state index contributed by atoms with van der Waals surface area (Å²) in [6, 6.07) is 9.13. The zero-order valence-electron chi connectivity index (χ0n) is 14.7. The molecule has 0 radical (unpaired) electrons. The fraction of sp³-hybridized carbons (Fsp3) is 0.105. The maximum atomic E-state index is 12.4. The Balaban J connectivity index is 2.14. The third kappa shape index (κ3) is 5.24. The van der Waals surface area contributed by atoms with Crippen molar-refractivity contribution in [1.82, 2.24) is 0 Å². The monoisotopic (exact) mass is 384 g/mol. The van der Waals surface area contributed by atoms with Gasteiger partial charge in [0.15, 0.2) is 0 Å². The van der Waals surface area contributed by atoms with E-state index in [0.717, 1.165) is 18.2 Å². The first-order valence-corrected chi connectivity index (χ1v) is 7.98. The van der Waals surface area contributed by atoms with Gasteiger partial charge in [0.05, 0.1) is 23.1 Å². The van der Waals surface area contributed by atoms with Gasteiger partial charge >= 0.3 is 11.9 Å². The molecule has 0 atom stereocenters. The highest BCUT2D eigenvalue weighted by atomic mass is 16.4. The molecule has 9 heteroatoms. The summed E-state index contributed by atoms with van der Waals surface area (Å²) in [5.41, 5.74) is -0.143. The lowest BCUT2D eigenvalue weighted by Gasteiger charge is -2.10. The maximum Gasteiger partial charge on any atom is 0.336 e. The Morgan fingerprint density at radius 1 is 0.786 bits per heavy atom. The van der Waals surface area contributed by atoms with Gasteiger partial charge in [0.25, 0.3) is 5.91 Å². The van der Waals surface area contributed by atoms with E-state index >= 15 is 0 Å². The highest BCUT2D eigenvalue weighted by Gasteiger charge is 2.19. The molecule has 0 aliphatic heterocycles. The second-order valence-electron chi connectivity index (χ2n) is 5.83. The largest absolute Gasteiger partial charge is 0.478 e. The first kappa shape index (κ1) is 20.3. The van der Waals surface area contributed by atoms with E-state index in [1.807, 2.05) is 0 Å². The number of hydrogen-bond donors (Lipinski definition) is 4. The van der Waals surface area contributed by atoms with Gasteiger partial charge in [-0.15, -0.1) is 0 Å². The summed E-state index contributed by atoms with van der Waals surface area (Å²) < 4.78 is 0. The SMILES string of the molecule is CC(=O)CC(=O)Nc1ccc(NC(=O)c2ccc(C(=O)O)cc2C(=O)O)cc1. The number of amides is 2. The summed E-state index contributed by atoms with van der Waals surface area (Å²) in [4.78, 5) is 57.1. The van der Waals surface area contributed by atoms with Crippen LogP contribution in [0.4, 0.5) is 11.4 Å². The minimum Gasteiger partial charge on any atom is -0.478 e. The number of carbonyl (C=O) groups is 5. The molecular weight excluding hydrogens is 368 g/mol. The Morgan fingerprint density at radius 3 is 1.86 bits per heavy atom. The molecular formula is C19H16N2O7. The van der Waals surface area contributed by atoms with E-state index in [0.29, 0.717) is 11.4 Å².